The van der Waals surface area contributed by atoms with Gasteiger partial charge in [0.2, 0.25) is 0 Å². The van der Waals surface area contributed by atoms with Gasteiger partial charge in [0.05, 0.1) is 6.04 Å². The summed E-state index contributed by atoms with van der Waals surface area (Å²) in [6.45, 7) is 0. The molecule has 3 N–H and O–H groups in total. The minimum absolute atomic E-state index is 0.167. The fraction of sp³-hybridized carbons (Fsp3) is 0.143. The van der Waals surface area contributed by atoms with Gasteiger partial charge in [-0.15, -0.1) is 0 Å². The molecule has 142 valence electrons. The van der Waals surface area contributed by atoms with Gasteiger partial charge < -0.3 is 15.7 Å². The molecule has 0 saturated heterocycles. The van der Waals surface area contributed by atoms with Crippen molar-refractivity contribution >= 4 is 51.5 Å². The second-order valence-corrected chi connectivity index (χ2v) is 7.52. The minimum Gasteiger partial charge on any atom is -0.480 e. The van der Waals surface area contributed by atoms with Gasteiger partial charge in [0, 0.05) is 33.3 Å². The van der Waals surface area contributed by atoms with Crippen molar-refractivity contribution in [1.29, 1.82) is 0 Å². The number of halogens is 2. The summed E-state index contributed by atoms with van der Waals surface area (Å²) in [4.78, 5) is 24.6. The number of nitrogens with one attached hydrogen (secondary N) is 2. The number of carbonyl (C=O) groups excluding carboxylic acids is 1. The summed E-state index contributed by atoms with van der Waals surface area (Å²) in [6, 6.07) is 14.9. The topological polar surface area (TPSA) is 78.4 Å². The van der Waals surface area contributed by atoms with Crippen LogP contribution < -0.4 is 10.6 Å². The molecule has 2 atom stereocenters. The first-order valence-corrected chi connectivity index (χ1v) is 9.46. The van der Waals surface area contributed by atoms with E-state index in [1.807, 2.05) is 36.4 Å². The Hall–Kier alpha value is -2.76. The summed E-state index contributed by atoms with van der Waals surface area (Å²) in [6.07, 6.45) is 0.167. The molecule has 3 aromatic rings. The summed E-state index contributed by atoms with van der Waals surface area (Å²) in [5.41, 5.74) is 1.67. The molecule has 0 bridgehead atoms. The molecule has 2 unspecified atom stereocenters. The molecule has 3 aromatic carbocycles. The first kappa shape index (κ1) is 18.6. The second-order valence-electron chi connectivity index (χ2n) is 6.67. The zero-order valence-electron chi connectivity index (χ0n) is 14.6. The molecule has 0 saturated carbocycles. The van der Waals surface area contributed by atoms with Crippen molar-refractivity contribution in [2.45, 2.75) is 18.5 Å². The summed E-state index contributed by atoms with van der Waals surface area (Å²) in [7, 11) is 0. The molecule has 5 nitrogen and oxygen atoms in total. The van der Waals surface area contributed by atoms with Crippen LogP contribution in [0.4, 0.5) is 5.69 Å². The lowest BCUT2D eigenvalue weighted by Gasteiger charge is -2.32. The Morgan fingerprint density at radius 2 is 1.82 bits per heavy atom. The average Bonchev–Trinajstić information content (AvgIpc) is 2.66. The number of anilines is 1. The van der Waals surface area contributed by atoms with Crippen molar-refractivity contribution in [3.05, 3.63) is 75.8 Å². The number of hydrogen-bond acceptors (Lipinski definition) is 3. The van der Waals surface area contributed by atoms with Crippen LogP contribution in [0.5, 0.6) is 0 Å². The highest BCUT2D eigenvalue weighted by molar-refractivity contribution is 6.35. The van der Waals surface area contributed by atoms with Crippen molar-refractivity contribution in [2.75, 3.05) is 5.32 Å². The second kappa shape index (κ2) is 7.34. The number of aliphatic carboxylic acids is 1. The van der Waals surface area contributed by atoms with E-state index in [1.165, 1.54) is 0 Å². The van der Waals surface area contributed by atoms with E-state index < -0.39 is 18.1 Å². The van der Waals surface area contributed by atoms with Crippen LogP contribution in [0.15, 0.2) is 54.6 Å². The van der Waals surface area contributed by atoms with Crippen LogP contribution in [-0.4, -0.2) is 23.0 Å². The first-order chi connectivity index (χ1) is 13.4. The van der Waals surface area contributed by atoms with Crippen LogP contribution in [0.3, 0.4) is 0 Å². The zero-order valence-corrected chi connectivity index (χ0v) is 16.1. The number of carboxylic acids is 1. The monoisotopic (exact) mass is 414 g/mol. The molecule has 1 amide bonds. The number of carbonyl (C=O) groups is 2. The number of carboxylic acid groups (broad SMARTS) is 1. The molecule has 0 spiro atoms. The molecule has 28 heavy (non-hydrogen) atoms. The lowest BCUT2D eigenvalue weighted by Crippen LogP contribution is -2.41. The van der Waals surface area contributed by atoms with Crippen LogP contribution in [0, 0.1) is 0 Å². The molecule has 0 aromatic heterocycles. The van der Waals surface area contributed by atoms with E-state index in [0.717, 1.165) is 10.8 Å². The van der Waals surface area contributed by atoms with E-state index in [1.54, 1.807) is 18.2 Å². The number of hydrogen-bond donors (Lipinski definition) is 3. The van der Waals surface area contributed by atoms with Gasteiger partial charge in [-0.05, 0) is 29.0 Å². The number of rotatable bonds is 3. The smallest absolute Gasteiger partial charge is 0.326 e. The fourth-order valence-electron chi connectivity index (χ4n) is 3.61. The standard InChI is InChI=1S/C21H16Cl2N2O3/c22-12-8-15(23)19-16(9-12)24-18(21(27)28)10-17(19)25-20(26)14-7-3-5-11-4-1-2-6-13(11)14/h1-9,17-18,24H,10H2,(H,25,26)(H,27,28). The predicted octanol–water partition coefficient (Wildman–Crippen LogP) is 4.89. The quantitative estimate of drug-likeness (QED) is 0.570. The number of amides is 1. The van der Waals surface area contributed by atoms with E-state index in [9.17, 15) is 14.7 Å². The first-order valence-electron chi connectivity index (χ1n) is 8.71. The molecule has 0 aliphatic carbocycles. The van der Waals surface area contributed by atoms with Gasteiger partial charge in [-0.1, -0.05) is 59.6 Å². The SMILES string of the molecule is O=C(NC1CC(C(=O)O)Nc2cc(Cl)cc(Cl)c21)c1cccc2ccccc12. The Bertz CT molecular complexity index is 1090. The van der Waals surface area contributed by atoms with Crippen molar-refractivity contribution < 1.29 is 14.7 Å². The highest BCUT2D eigenvalue weighted by Gasteiger charge is 2.33. The van der Waals surface area contributed by atoms with Gasteiger partial charge in [0.1, 0.15) is 6.04 Å². The molecule has 4 rings (SSSR count). The normalized spacial score (nSPS) is 18.2. The van der Waals surface area contributed by atoms with Crippen LogP contribution in [0.2, 0.25) is 10.0 Å². The summed E-state index contributed by atoms with van der Waals surface area (Å²) in [5, 5.41) is 17.9. The molecular weight excluding hydrogens is 399 g/mol. The van der Waals surface area contributed by atoms with Gasteiger partial charge in [0.15, 0.2) is 0 Å². The van der Waals surface area contributed by atoms with E-state index in [4.69, 9.17) is 23.2 Å². The summed E-state index contributed by atoms with van der Waals surface area (Å²) >= 11 is 12.4. The van der Waals surface area contributed by atoms with E-state index in [0.29, 0.717) is 26.9 Å². The van der Waals surface area contributed by atoms with E-state index in [2.05, 4.69) is 10.6 Å². The predicted molar refractivity (Wildman–Crippen MR) is 110 cm³/mol. The molecular formula is C21H16Cl2N2O3. The lowest BCUT2D eigenvalue weighted by molar-refractivity contribution is -0.138. The maximum absolute atomic E-state index is 13.0. The maximum Gasteiger partial charge on any atom is 0.326 e. The lowest BCUT2D eigenvalue weighted by atomic mass is 9.92. The summed E-state index contributed by atoms with van der Waals surface area (Å²) in [5.74, 6) is -1.30. The third kappa shape index (κ3) is 3.39. The Labute approximate surface area is 171 Å². The number of fused-ring (bicyclic) bond motifs is 2. The Morgan fingerprint density at radius 3 is 2.61 bits per heavy atom. The third-order valence-electron chi connectivity index (χ3n) is 4.88. The Morgan fingerprint density at radius 1 is 1.07 bits per heavy atom. The highest BCUT2D eigenvalue weighted by Crippen LogP contribution is 2.40. The van der Waals surface area contributed by atoms with Gasteiger partial charge >= 0.3 is 5.97 Å². The summed E-state index contributed by atoms with van der Waals surface area (Å²) < 4.78 is 0. The molecule has 0 radical (unpaired) electrons. The minimum atomic E-state index is -1.01. The molecule has 7 heteroatoms. The van der Waals surface area contributed by atoms with Crippen LogP contribution in [0.1, 0.15) is 28.4 Å². The highest BCUT2D eigenvalue weighted by atomic mass is 35.5. The van der Waals surface area contributed by atoms with Gasteiger partial charge in [0.25, 0.3) is 5.91 Å². The fourth-order valence-corrected chi connectivity index (χ4v) is 4.24. The molecule has 0 fully saturated rings. The van der Waals surface area contributed by atoms with E-state index in [-0.39, 0.29) is 12.3 Å². The van der Waals surface area contributed by atoms with Crippen molar-refractivity contribution in [1.82, 2.24) is 5.32 Å². The molecule has 1 aliphatic rings. The van der Waals surface area contributed by atoms with Crippen molar-refractivity contribution in [3.63, 3.8) is 0 Å². The van der Waals surface area contributed by atoms with Crippen LogP contribution in [0.25, 0.3) is 10.8 Å². The van der Waals surface area contributed by atoms with Gasteiger partial charge in [-0.2, -0.15) is 0 Å². The van der Waals surface area contributed by atoms with Crippen molar-refractivity contribution in [2.24, 2.45) is 0 Å². The zero-order chi connectivity index (χ0) is 19.8. The van der Waals surface area contributed by atoms with Gasteiger partial charge in [-0.25, -0.2) is 4.79 Å². The van der Waals surface area contributed by atoms with Crippen LogP contribution in [-0.2, 0) is 4.79 Å². The maximum atomic E-state index is 13.0. The Balaban J connectivity index is 1.72. The Kier molecular flexibility index (Phi) is 4.87. The number of benzene rings is 3. The van der Waals surface area contributed by atoms with Crippen molar-refractivity contribution in [3.8, 4) is 0 Å². The van der Waals surface area contributed by atoms with Crippen LogP contribution >= 0.6 is 23.2 Å². The molecule has 1 aliphatic heterocycles. The largest absolute Gasteiger partial charge is 0.480 e. The molecule has 1 heterocycles. The van der Waals surface area contributed by atoms with Gasteiger partial charge in [-0.3, -0.25) is 4.79 Å². The van der Waals surface area contributed by atoms with E-state index >= 15 is 0 Å². The average molecular weight is 415 g/mol. The third-order valence-corrected chi connectivity index (χ3v) is 5.41.